The Labute approximate surface area is 201 Å². The van der Waals surface area contributed by atoms with Gasteiger partial charge < -0.3 is 15.2 Å². The first kappa shape index (κ1) is 24.5. The van der Waals surface area contributed by atoms with Gasteiger partial charge in [0, 0.05) is 24.7 Å². The molecule has 0 aromatic heterocycles. The Morgan fingerprint density at radius 3 is 2.61 bits per heavy atom. The molecule has 2 amide bonds. The van der Waals surface area contributed by atoms with Crippen LogP contribution in [0.1, 0.15) is 41.6 Å². The maximum atomic E-state index is 12.7. The molecule has 3 rings (SSSR count). The van der Waals surface area contributed by atoms with Gasteiger partial charge in [-0.2, -0.15) is 0 Å². The van der Waals surface area contributed by atoms with Gasteiger partial charge in [-0.1, -0.05) is 48.6 Å². The molecule has 172 valence electrons. The second-order valence-electron chi connectivity index (χ2n) is 7.36. The molecular weight excluding hydrogens is 460 g/mol. The molecule has 1 heterocycles. The Morgan fingerprint density at radius 1 is 1.15 bits per heavy atom. The van der Waals surface area contributed by atoms with Crippen LogP contribution in [0.5, 0.6) is 5.75 Å². The van der Waals surface area contributed by atoms with Crippen LogP contribution in [0.25, 0.3) is 6.08 Å². The first-order valence-electron chi connectivity index (χ1n) is 10.4. The number of hydrogen-bond acceptors (Lipinski definition) is 7. The highest BCUT2D eigenvalue weighted by Gasteiger charge is 2.31. The summed E-state index contributed by atoms with van der Waals surface area (Å²) in [4.78, 5) is 38.4. The van der Waals surface area contributed by atoms with Crippen LogP contribution < -0.4 is 5.32 Å². The van der Waals surface area contributed by atoms with Crippen molar-refractivity contribution in [3.8, 4) is 5.75 Å². The van der Waals surface area contributed by atoms with Gasteiger partial charge in [0.2, 0.25) is 5.91 Å². The van der Waals surface area contributed by atoms with Crippen molar-refractivity contribution < 1.29 is 24.2 Å². The predicted octanol–water partition coefficient (Wildman–Crippen LogP) is 4.58. The van der Waals surface area contributed by atoms with Gasteiger partial charge in [-0.3, -0.25) is 14.5 Å². The van der Waals surface area contributed by atoms with Crippen molar-refractivity contribution in [3.05, 3.63) is 64.6 Å². The monoisotopic (exact) mass is 484 g/mol. The summed E-state index contributed by atoms with van der Waals surface area (Å²) in [6, 6.07) is 13.2. The van der Waals surface area contributed by atoms with E-state index in [0.717, 1.165) is 18.4 Å². The highest BCUT2D eigenvalue weighted by atomic mass is 32.2. The number of thiocarbonyl (C=S) groups is 1. The molecule has 1 fully saturated rings. The van der Waals surface area contributed by atoms with Crippen LogP contribution in [-0.2, 0) is 14.3 Å². The SMILES string of the molecule is COC(=O)c1ccc(/C=C2\SC(=S)N(CCCCCC(=O)Nc3cccc(O)c3)C2=O)cc1. The lowest BCUT2D eigenvalue weighted by Gasteiger charge is -2.14. The van der Waals surface area contributed by atoms with Crippen molar-refractivity contribution >= 4 is 57.8 Å². The fourth-order valence-corrected chi connectivity index (χ4v) is 4.53. The molecule has 0 bridgehead atoms. The van der Waals surface area contributed by atoms with Crippen molar-refractivity contribution in [2.24, 2.45) is 0 Å². The zero-order chi connectivity index (χ0) is 23.8. The molecule has 2 aromatic carbocycles. The van der Waals surface area contributed by atoms with Crippen LogP contribution >= 0.6 is 24.0 Å². The van der Waals surface area contributed by atoms with E-state index in [1.54, 1.807) is 53.4 Å². The number of benzene rings is 2. The number of anilines is 1. The molecule has 9 heteroatoms. The van der Waals surface area contributed by atoms with E-state index < -0.39 is 5.97 Å². The van der Waals surface area contributed by atoms with Gasteiger partial charge in [0.15, 0.2) is 0 Å². The Hall–Kier alpha value is -3.17. The van der Waals surface area contributed by atoms with Crippen molar-refractivity contribution in [1.29, 1.82) is 0 Å². The molecule has 2 N–H and O–H groups in total. The van der Waals surface area contributed by atoms with Gasteiger partial charge in [-0.15, -0.1) is 0 Å². The van der Waals surface area contributed by atoms with Gasteiger partial charge in [-0.25, -0.2) is 4.79 Å². The molecule has 1 aliphatic rings. The van der Waals surface area contributed by atoms with Gasteiger partial charge >= 0.3 is 5.97 Å². The lowest BCUT2D eigenvalue weighted by molar-refractivity contribution is -0.122. The minimum absolute atomic E-state index is 0.101. The molecule has 0 spiro atoms. The Bertz CT molecular complexity index is 1080. The van der Waals surface area contributed by atoms with Gasteiger partial charge in [0.1, 0.15) is 10.1 Å². The van der Waals surface area contributed by atoms with Crippen LogP contribution in [0.15, 0.2) is 53.4 Å². The van der Waals surface area contributed by atoms with E-state index >= 15 is 0 Å². The highest BCUT2D eigenvalue weighted by molar-refractivity contribution is 8.26. The van der Waals surface area contributed by atoms with E-state index in [-0.39, 0.29) is 17.6 Å². The number of phenols is 1. The van der Waals surface area contributed by atoms with E-state index in [9.17, 15) is 19.5 Å². The molecule has 0 atom stereocenters. The van der Waals surface area contributed by atoms with Crippen molar-refractivity contribution in [2.45, 2.75) is 25.7 Å². The smallest absolute Gasteiger partial charge is 0.337 e. The first-order valence-corrected chi connectivity index (χ1v) is 11.6. The van der Waals surface area contributed by atoms with E-state index in [2.05, 4.69) is 10.1 Å². The van der Waals surface area contributed by atoms with Crippen LogP contribution in [-0.4, -0.2) is 45.8 Å². The molecule has 7 nitrogen and oxygen atoms in total. The average molecular weight is 485 g/mol. The third-order valence-electron chi connectivity index (χ3n) is 4.92. The number of esters is 1. The van der Waals surface area contributed by atoms with Gasteiger partial charge in [0.25, 0.3) is 5.91 Å². The fourth-order valence-electron chi connectivity index (χ4n) is 3.22. The number of methoxy groups -OCH3 is 1. The fraction of sp³-hybridized carbons (Fsp3) is 0.250. The second kappa shape index (κ2) is 11.6. The molecule has 33 heavy (non-hydrogen) atoms. The Kier molecular flexibility index (Phi) is 8.62. The summed E-state index contributed by atoms with van der Waals surface area (Å²) < 4.78 is 5.20. The number of phenolic OH excluding ortho intramolecular Hbond substituents is 1. The lowest BCUT2D eigenvalue weighted by atomic mass is 10.1. The quantitative estimate of drug-likeness (QED) is 0.233. The molecular formula is C24H24N2O5S2. The number of aromatic hydroxyl groups is 1. The van der Waals surface area contributed by atoms with E-state index in [1.165, 1.54) is 24.9 Å². The molecule has 0 aliphatic carbocycles. The zero-order valence-corrected chi connectivity index (χ0v) is 19.7. The maximum Gasteiger partial charge on any atom is 0.337 e. The number of amides is 2. The summed E-state index contributed by atoms with van der Waals surface area (Å²) in [6.45, 7) is 0.497. The molecule has 1 saturated heterocycles. The van der Waals surface area contributed by atoms with Crippen molar-refractivity contribution in [3.63, 3.8) is 0 Å². The Morgan fingerprint density at radius 2 is 1.91 bits per heavy atom. The summed E-state index contributed by atoms with van der Waals surface area (Å²) in [5.41, 5.74) is 1.79. The van der Waals surface area contributed by atoms with Crippen LogP contribution in [0.2, 0.25) is 0 Å². The van der Waals surface area contributed by atoms with Crippen LogP contribution in [0.4, 0.5) is 5.69 Å². The van der Waals surface area contributed by atoms with Gasteiger partial charge in [0.05, 0.1) is 17.6 Å². The molecule has 0 unspecified atom stereocenters. The number of carbonyl (C=O) groups is 3. The third-order valence-corrected chi connectivity index (χ3v) is 6.30. The molecule has 2 aromatic rings. The van der Waals surface area contributed by atoms with Crippen LogP contribution in [0.3, 0.4) is 0 Å². The third kappa shape index (κ3) is 6.90. The van der Waals surface area contributed by atoms with Crippen molar-refractivity contribution in [1.82, 2.24) is 4.90 Å². The van der Waals surface area contributed by atoms with Gasteiger partial charge in [-0.05, 0) is 48.7 Å². The number of rotatable bonds is 9. The Balaban J connectivity index is 1.44. The summed E-state index contributed by atoms with van der Waals surface area (Å²) in [5, 5.41) is 12.2. The van der Waals surface area contributed by atoms with E-state index in [4.69, 9.17) is 12.2 Å². The number of unbranched alkanes of at least 4 members (excludes halogenated alkanes) is 2. The number of carbonyl (C=O) groups excluding carboxylic acids is 3. The normalized spacial score (nSPS) is 14.6. The summed E-state index contributed by atoms with van der Waals surface area (Å²) in [5.74, 6) is -0.565. The zero-order valence-electron chi connectivity index (χ0n) is 18.1. The summed E-state index contributed by atoms with van der Waals surface area (Å²) >= 11 is 6.62. The predicted molar refractivity (Wildman–Crippen MR) is 133 cm³/mol. The number of hydrogen-bond donors (Lipinski definition) is 2. The molecule has 1 aliphatic heterocycles. The topological polar surface area (TPSA) is 95.9 Å². The van der Waals surface area contributed by atoms with E-state index in [0.29, 0.717) is 39.9 Å². The van der Waals surface area contributed by atoms with Crippen molar-refractivity contribution in [2.75, 3.05) is 19.0 Å². The standard InChI is InChI=1S/C24H24N2O5S2/c1-31-23(30)17-11-9-16(10-12-17)14-20-22(29)26(24(32)33-20)13-4-2-3-8-21(28)25-18-6-5-7-19(27)15-18/h5-7,9-12,14-15,27H,2-4,8,13H2,1H3,(H,25,28)/b20-14-. The highest BCUT2D eigenvalue weighted by Crippen LogP contribution is 2.32. The second-order valence-corrected chi connectivity index (χ2v) is 9.03. The summed E-state index contributed by atoms with van der Waals surface area (Å²) in [7, 11) is 1.33. The number of ether oxygens (including phenoxy) is 1. The largest absolute Gasteiger partial charge is 0.508 e. The number of nitrogens with one attached hydrogen (secondary N) is 1. The minimum Gasteiger partial charge on any atom is -0.508 e. The molecule has 0 saturated carbocycles. The number of nitrogens with zero attached hydrogens (tertiary/aromatic N) is 1. The summed E-state index contributed by atoms with van der Waals surface area (Å²) in [6.07, 6.45) is 4.30. The first-order chi connectivity index (χ1) is 15.9. The minimum atomic E-state index is -0.412. The lowest BCUT2D eigenvalue weighted by Crippen LogP contribution is -2.29. The maximum absolute atomic E-state index is 12.7. The number of thioether (sulfide) groups is 1. The molecule has 0 radical (unpaired) electrons. The van der Waals surface area contributed by atoms with Crippen LogP contribution in [0, 0.1) is 0 Å². The van der Waals surface area contributed by atoms with E-state index in [1.807, 2.05) is 0 Å². The average Bonchev–Trinajstić information content (AvgIpc) is 3.06.